The molecule has 0 bridgehead atoms. The first kappa shape index (κ1) is 15.5. The lowest BCUT2D eigenvalue weighted by Crippen LogP contribution is -2.26. The van der Waals surface area contributed by atoms with Crippen LogP contribution in [0.25, 0.3) is 0 Å². The summed E-state index contributed by atoms with van der Waals surface area (Å²) >= 11 is 5.83. The van der Waals surface area contributed by atoms with E-state index in [0.717, 1.165) is 12.1 Å². The van der Waals surface area contributed by atoms with Crippen LogP contribution >= 0.6 is 11.6 Å². The second-order valence-electron chi connectivity index (χ2n) is 4.46. The average Bonchev–Trinajstić information content (AvgIpc) is 2.91. The van der Waals surface area contributed by atoms with Crippen molar-refractivity contribution in [1.82, 2.24) is 15.3 Å². The van der Waals surface area contributed by atoms with Crippen molar-refractivity contribution in [3.63, 3.8) is 0 Å². The lowest BCUT2D eigenvalue weighted by Gasteiger charge is -2.07. The first-order valence-corrected chi connectivity index (χ1v) is 8.41. The van der Waals surface area contributed by atoms with Gasteiger partial charge in [-0.15, -0.1) is 0 Å². The lowest BCUT2D eigenvalue weighted by molar-refractivity contribution is 0.0954. The number of carbonyl (C=O) groups is 1. The van der Waals surface area contributed by atoms with Gasteiger partial charge in [0.2, 0.25) is 0 Å². The smallest absolute Gasteiger partial charge is 0.251 e. The molecule has 1 amide bonds. The summed E-state index contributed by atoms with van der Waals surface area (Å²) in [5.41, 5.74) is 0.249. The number of halogens is 1. The highest BCUT2D eigenvalue weighted by molar-refractivity contribution is 7.90. The van der Waals surface area contributed by atoms with Gasteiger partial charge < -0.3 is 10.3 Å². The van der Waals surface area contributed by atoms with E-state index in [2.05, 4.69) is 15.3 Å². The van der Waals surface area contributed by atoms with Gasteiger partial charge in [0.05, 0.1) is 9.92 Å². The molecule has 112 valence electrons. The minimum atomic E-state index is -3.47. The van der Waals surface area contributed by atoms with Gasteiger partial charge in [-0.05, 0) is 18.2 Å². The number of sulfone groups is 1. The van der Waals surface area contributed by atoms with Crippen LogP contribution < -0.4 is 5.32 Å². The first-order valence-electron chi connectivity index (χ1n) is 6.14. The van der Waals surface area contributed by atoms with Crippen molar-refractivity contribution >= 4 is 27.3 Å². The number of H-pyrrole nitrogens is 1. The molecule has 1 heterocycles. The van der Waals surface area contributed by atoms with Gasteiger partial charge in [0, 0.05) is 37.2 Å². The molecular weight excluding hydrogens is 314 g/mol. The zero-order valence-corrected chi connectivity index (χ0v) is 12.8. The van der Waals surface area contributed by atoms with Crippen LogP contribution in [0.2, 0.25) is 5.02 Å². The number of imidazole rings is 1. The van der Waals surface area contributed by atoms with Crippen molar-refractivity contribution in [3.8, 4) is 0 Å². The van der Waals surface area contributed by atoms with E-state index < -0.39 is 9.84 Å². The molecule has 2 N–H and O–H groups in total. The van der Waals surface area contributed by atoms with Crippen LogP contribution in [-0.2, 0) is 16.3 Å². The summed E-state index contributed by atoms with van der Waals surface area (Å²) in [4.78, 5) is 18.9. The quantitative estimate of drug-likeness (QED) is 0.869. The lowest BCUT2D eigenvalue weighted by atomic mass is 10.2. The second-order valence-corrected chi connectivity index (χ2v) is 6.85. The van der Waals surface area contributed by atoms with E-state index >= 15 is 0 Å². The zero-order valence-electron chi connectivity index (χ0n) is 11.3. The molecule has 0 saturated carbocycles. The Hall–Kier alpha value is -1.86. The summed E-state index contributed by atoms with van der Waals surface area (Å²) in [5, 5.41) is 2.80. The molecule has 0 radical (unpaired) electrons. The van der Waals surface area contributed by atoms with Gasteiger partial charge in [-0.2, -0.15) is 0 Å². The van der Waals surface area contributed by atoms with Crippen LogP contribution in [0, 0.1) is 0 Å². The fourth-order valence-electron chi connectivity index (χ4n) is 1.76. The summed E-state index contributed by atoms with van der Waals surface area (Å²) in [5.74, 6) is 0.409. The Balaban J connectivity index is 2.06. The van der Waals surface area contributed by atoms with Crippen LogP contribution in [0.4, 0.5) is 0 Å². The minimum Gasteiger partial charge on any atom is -0.352 e. The summed E-state index contributed by atoms with van der Waals surface area (Å²) in [6.45, 7) is 0.392. The molecule has 2 rings (SSSR count). The Labute approximate surface area is 127 Å². The topological polar surface area (TPSA) is 91.9 Å². The molecule has 0 unspecified atom stereocenters. The number of amides is 1. The van der Waals surface area contributed by atoms with Gasteiger partial charge in [0.1, 0.15) is 5.82 Å². The predicted molar refractivity (Wildman–Crippen MR) is 79.2 cm³/mol. The molecule has 0 atom stereocenters. The Kier molecular flexibility index (Phi) is 4.64. The Morgan fingerprint density at radius 2 is 2.19 bits per heavy atom. The maximum atomic E-state index is 12.0. The number of nitrogens with zero attached hydrogens (tertiary/aromatic N) is 1. The standard InChI is InChI=1S/C13H14ClN3O3S/c1-21(19,20)11-8-9(2-3-10(11)14)13(18)17-5-4-12-15-6-7-16-12/h2-3,6-8H,4-5H2,1H3,(H,15,16)(H,17,18). The van der Waals surface area contributed by atoms with E-state index in [1.807, 2.05) is 0 Å². The zero-order chi connectivity index (χ0) is 15.5. The van der Waals surface area contributed by atoms with Crippen LogP contribution in [0.5, 0.6) is 0 Å². The van der Waals surface area contributed by atoms with Crippen LogP contribution in [0.3, 0.4) is 0 Å². The van der Waals surface area contributed by atoms with E-state index in [1.54, 1.807) is 12.4 Å². The third-order valence-corrected chi connectivity index (χ3v) is 4.37. The van der Waals surface area contributed by atoms with Crippen molar-refractivity contribution in [3.05, 3.63) is 47.0 Å². The number of nitrogens with one attached hydrogen (secondary N) is 2. The fourth-order valence-corrected chi connectivity index (χ4v) is 3.06. The van der Waals surface area contributed by atoms with Crippen molar-refractivity contribution in [2.45, 2.75) is 11.3 Å². The Bertz CT molecular complexity index is 742. The highest BCUT2D eigenvalue weighted by Gasteiger charge is 2.15. The van der Waals surface area contributed by atoms with Crippen LogP contribution in [0.1, 0.15) is 16.2 Å². The summed E-state index contributed by atoms with van der Waals surface area (Å²) in [6.07, 6.45) is 4.95. The molecule has 1 aromatic heterocycles. The molecule has 0 saturated heterocycles. The van der Waals surface area contributed by atoms with E-state index in [1.165, 1.54) is 18.2 Å². The average molecular weight is 328 g/mol. The second kappa shape index (κ2) is 6.28. The molecule has 0 aliphatic rings. The maximum Gasteiger partial charge on any atom is 0.251 e. The Morgan fingerprint density at radius 3 is 2.81 bits per heavy atom. The molecule has 0 aliphatic carbocycles. The number of hydrogen-bond acceptors (Lipinski definition) is 4. The monoisotopic (exact) mass is 327 g/mol. The number of aromatic amines is 1. The van der Waals surface area contributed by atoms with Gasteiger partial charge in [-0.25, -0.2) is 13.4 Å². The first-order chi connectivity index (χ1) is 9.88. The molecule has 0 fully saturated rings. The predicted octanol–water partition coefficient (Wildman–Crippen LogP) is 1.44. The molecule has 0 aliphatic heterocycles. The van der Waals surface area contributed by atoms with Crippen molar-refractivity contribution in [2.24, 2.45) is 0 Å². The molecule has 8 heteroatoms. The summed E-state index contributed by atoms with van der Waals surface area (Å²) < 4.78 is 23.1. The highest BCUT2D eigenvalue weighted by Crippen LogP contribution is 2.22. The number of hydrogen-bond donors (Lipinski definition) is 2. The van der Waals surface area contributed by atoms with Gasteiger partial charge in [-0.1, -0.05) is 11.6 Å². The van der Waals surface area contributed by atoms with E-state index in [0.29, 0.717) is 13.0 Å². The number of aromatic nitrogens is 2. The fraction of sp³-hybridized carbons (Fsp3) is 0.231. The van der Waals surface area contributed by atoms with Gasteiger partial charge in [-0.3, -0.25) is 4.79 Å². The minimum absolute atomic E-state index is 0.0529. The molecule has 2 aromatic rings. The molecule has 21 heavy (non-hydrogen) atoms. The third kappa shape index (κ3) is 4.05. The molecule has 1 aromatic carbocycles. The SMILES string of the molecule is CS(=O)(=O)c1cc(C(=O)NCCc2ncc[nH]2)ccc1Cl. The van der Waals surface area contributed by atoms with E-state index in [4.69, 9.17) is 11.6 Å². The highest BCUT2D eigenvalue weighted by atomic mass is 35.5. The Morgan fingerprint density at radius 1 is 1.43 bits per heavy atom. The van der Waals surface area contributed by atoms with Crippen LogP contribution in [0.15, 0.2) is 35.5 Å². The van der Waals surface area contributed by atoms with Crippen LogP contribution in [-0.4, -0.2) is 37.1 Å². The number of carbonyl (C=O) groups excluding carboxylic acids is 1. The van der Waals surface area contributed by atoms with E-state index in [9.17, 15) is 13.2 Å². The van der Waals surface area contributed by atoms with Crippen molar-refractivity contribution < 1.29 is 13.2 Å². The normalized spacial score (nSPS) is 11.3. The van der Waals surface area contributed by atoms with Gasteiger partial charge >= 0.3 is 0 Å². The number of benzene rings is 1. The maximum absolute atomic E-state index is 12.0. The molecule has 6 nitrogen and oxygen atoms in total. The van der Waals surface area contributed by atoms with E-state index in [-0.39, 0.29) is 21.4 Å². The molecular formula is C13H14ClN3O3S. The third-order valence-electron chi connectivity index (χ3n) is 2.80. The van der Waals surface area contributed by atoms with Gasteiger partial charge in [0.15, 0.2) is 9.84 Å². The largest absolute Gasteiger partial charge is 0.352 e. The molecule has 0 spiro atoms. The van der Waals surface area contributed by atoms with Gasteiger partial charge in [0.25, 0.3) is 5.91 Å². The van der Waals surface area contributed by atoms with Crippen molar-refractivity contribution in [2.75, 3.05) is 12.8 Å². The number of rotatable bonds is 5. The van der Waals surface area contributed by atoms with Crippen molar-refractivity contribution in [1.29, 1.82) is 0 Å². The summed E-state index contributed by atoms with van der Waals surface area (Å²) in [6, 6.07) is 4.17. The summed E-state index contributed by atoms with van der Waals surface area (Å²) in [7, 11) is -3.47.